The molecule has 1 aliphatic heterocycles. The van der Waals surface area contributed by atoms with E-state index in [1.165, 1.54) is 0 Å². The zero-order valence-corrected chi connectivity index (χ0v) is 12.4. The van der Waals surface area contributed by atoms with Gasteiger partial charge in [-0.3, -0.25) is 0 Å². The van der Waals surface area contributed by atoms with Crippen LogP contribution in [0.1, 0.15) is 27.7 Å². The molecule has 0 aromatic rings. The normalized spacial score (nSPS) is 34.6. The zero-order valence-electron chi connectivity index (χ0n) is 10.9. The van der Waals surface area contributed by atoms with Crippen LogP contribution in [0.2, 0.25) is 0 Å². The van der Waals surface area contributed by atoms with Crippen LogP contribution in [0.5, 0.6) is 0 Å². The van der Waals surface area contributed by atoms with E-state index < -0.39 is 12.3 Å². The minimum Gasteiger partial charge on any atom is -0.376 e. The third-order valence-corrected chi connectivity index (χ3v) is 3.29. The van der Waals surface area contributed by atoms with Crippen molar-refractivity contribution in [3.63, 3.8) is 0 Å². The fourth-order valence-corrected chi connectivity index (χ4v) is 2.17. The molecule has 0 aromatic heterocycles. The zero-order chi connectivity index (χ0) is 13.0. The van der Waals surface area contributed by atoms with E-state index in [4.69, 9.17) is 14.2 Å². The average Bonchev–Trinajstić information content (AvgIpc) is 2.23. The van der Waals surface area contributed by atoms with Crippen LogP contribution in [0.3, 0.4) is 0 Å². The Morgan fingerprint density at radius 2 is 1.94 bits per heavy atom. The molecule has 1 heterocycles. The van der Waals surface area contributed by atoms with Crippen LogP contribution in [0.15, 0.2) is 0 Å². The summed E-state index contributed by atoms with van der Waals surface area (Å²) in [5.41, 5.74) is 0. The Bertz CT molecular complexity index is 226. The highest BCUT2D eigenvalue weighted by molar-refractivity contribution is 9.09. The van der Waals surface area contributed by atoms with Crippen molar-refractivity contribution in [2.24, 2.45) is 0 Å². The number of halogens is 2. The molecule has 1 rings (SSSR count). The van der Waals surface area contributed by atoms with E-state index in [0.29, 0.717) is 13.2 Å². The van der Waals surface area contributed by atoms with Gasteiger partial charge in [-0.2, -0.15) is 0 Å². The van der Waals surface area contributed by atoms with Gasteiger partial charge in [0.2, 0.25) is 0 Å². The van der Waals surface area contributed by atoms with Crippen LogP contribution in [-0.4, -0.2) is 48.6 Å². The molecule has 0 bridgehead atoms. The fraction of sp³-hybridized carbons (Fsp3) is 1.00. The lowest BCUT2D eigenvalue weighted by atomic mass is 10.0. The Hall–Kier alpha value is 0.290. The lowest BCUT2D eigenvalue weighted by Gasteiger charge is -2.38. The molecule has 0 unspecified atom stereocenters. The van der Waals surface area contributed by atoms with Crippen molar-refractivity contribution in [2.75, 3.05) is 13.2 Å². The first-order valence-corrected chi connectivity index (χ1v) is 7.00. The molecule has 1 aliphatic rings. The quantitative estimate of drug-likeness (QED) is 0.731. The van der Waals surface area contributed by atoms with Gasteiger partial charge in [0.25, 0.3) is 0 Å². The molecule has 0 aliphatic carbocycles. The van der Waals surface area contributed by atoms with Crippen molar-refractivity contribution in [3.05, 3.63) is 0 Å². The molecular formula is C12H22BrFO3. The molecule has 5 heteroatoms. The van der Waals surface area contributed by atoms with E-state index in [9.17, 15) is 4.39 Å². The van der Waals surface area contributed by atoms with Crippen LogP contribution in [-0.2, 0) is 14.2 Å². The monoisotopic (exact) mass is 312 g/mol. The summed E-state index contributed by atoms with van der Waals surface area (Å²) in [4.78, 5) is -0.304. The van der Waals surface area contributed by atoms with Gasteiger partial charge in [0.1, 0.15) is 18.4 Å². The maximum Gasteiger partial charge on any atom is 0.143 e. The number of alkyl halides is 2. The van der Waals surface area contributed by atoms with Gasteiger partial charge in [-0.1, -0.05) is 15.9 Å². The minimum atomic E-state index is -1.06. The summed E-state index contributed by atoms with van der Waals surface area (Å²) < 4.78 is 30.8. The molecule has 0 saturated carbocycles. The first-order valence-electron chi connectivity index (χ1n) is 6.08. The van der Waals surface area contributed by atoms with Gasteiger partial charge in [-0.15, -0.1) is 0 Å². The first kappa shape index (κ1) is 15.3. The Labute approximate surface area is 111 Å². The highest BCUT2D eigenvalue weighted by Crippen LogP contribution is 2.27. The molecule has 0 aromatic carbocycles. The third kappa shape index (κ3) is 4.81. The van der Waals surface area contributed by atoms with Crippen LogP contribution in [0.25, 0.3) is 0 Å². The van der Waals surface area contributed by atoms with Gasteiger partial charge < -0.3 is 14.2 Å². The highest BCUT2D eigenvalue weighted by atomic mass is 79.9. The standard InChI is InChI=1S/C12H22BrFO3/c1-7(2)15-6-10-12(17-8(3)4)11(14)9(13)5-16-10/h7-12H,5-6H2,1-4H3/t9-,10-,11+,12-/m1/s1. The summed E-state index contributed by atoms with van der Waals surface area (Å²) >= 11 is 3.27. The number of ether oxygens (including phenoxy) is 3. The Morgan fingerprint density at radius 3 is 2.47 bits per heavy atom. The molecule has 0 N–H and O–H groups in total. The smallest absolute Gasteiger partial charge is 0.143 e. The van der Waals surface area contributed by atoms with E-state index in [-0.39, 0.29) is 23.1 Å². The molecule has 4 atom stereocenters. The number of rotatable bonds is 5. The minimum absolute atomic E-state index is 0.0267. The first-order chi connectivity index (χ1) is 7.91. The number of hydrogen-bond acceptors (Lipinski definition) is 3. The number of hydrogen-bond donors (Lipinski definition) is 0. The third-order valence-electron chi connectivity index (χ3n) is 2.52. The molecule has 0 radical (unpaired) electrons. The predicted molar refractivity (Wildman–Crippen MR) is 68.4 cm³/mol. The van der Waals surface area contributed by atoms with Crippen LogP contribution in [0.4, 0.5) is 4.39 Å². The van der Waals surface area contributed by atoms with E-state index >= 15 is 0 Å². The second kappa shape index (κ2) is 7.02. The van der Waals surface area contributed by atoms with Crippen molar-refractivity contribution < 1.29 is 18.6 Å². The maximum atomic E-state index is 14.1. The Balaban J connectivity index is 2.58. The largest absolute Gasteiger partial charge is 0.376 e. The lowest BCUT2D eigenvalue weighted by Crippen LogP contribution is -2.52. The van der Waals surface area contributed by atoms with E-state index in [1.807, 2.05) is 27.7 Å². The topological polar surface area (TPSA) is 27.7 Å². The van der Waals surface area contributed by atoms with Crippen molar-refractivity contribution in [2.45, 2.75) is 63.1 Å². The molecule has 1 fully saturated rings. The average molecular weight is 313 g/mol. The summed E-state index contributed by atoms with van der Waals surface area (Å²) in [5, 5.41) is 0. The van der Waals surface area contributed by atoms with Crippen molar-refractivity contribution in [1.82, 2.24) is 0 Å². The van der Waals surface area contributed by atoms with Crippen LogP contribution in [0, 0.1) is 0 Å². The Morgan fingerprint density at radius 1 is 1.29 bits per heavy atom. The lowest BCUT2D eigenvalue weighted by molar-refractivity contribution is -0.172. The van der Waals surface area contributed by atoms with Gasteiger partial charge in [0.05, 0.1) is 30.2 Å². The van der Waals surface area contributed by atoms with E-state index in [0.717, 1.165) is 0 Å². The predicted octanol–water partition coefficient (Wildman–Crippen LogP) is 2.71. The van der Waals surface area contributed by atoms with Crippen molar-refractivity contribution in [1.29, 1.82) is 0 Å². The molecule has 0 amide bonds. The molecule has 1 saturated heterocycles. The summed E-state index contributed by atoms with van der Waals surface area (Å²) in [7, 11) is 0. The van der Waals surface area contributed by atoms with Gasteiger partial charge >= 0.3 is 0 Å². The van der Waals surface area contributed by atoms with Gasteiger partial charge in [-0.05, 0) is 27.7 Å². The summed E-state index contributed by atoms with van der Waals surface area (Å²) in [5.74, 6) is 0. The summed E-state index contributed by atoms with van der Waals surface area (Å²) in [6.07, 6.45) is -1.87. The van der Waals surface area contributed by atoms with Gasteiger partial charge in [0, 0.05) is 0 Å². The maximum absolute atomic E-state index is 14.1. The molecule has 0 spiro atoms. The van der Waals surface area contributed by atoms with E-state index in [2.05, 4.69) is 15.9 Å². The SMILES string of the molecule is CC(C)OC[C@H]1OC[C@@H](Br)[C@H](F)[C@@H]1OC(C)C. The van der Waals surface area contributed by atoms with Crippen LogP contribution < -0.4 is 0 Å². The molecule has 102 valence electrons. The molecular weight excluding hydrogens is 291 g/mol. The Kier molecular flexibility index (Phi) is 6.34. The van der Waals surface area contributed by atoms with Crippen molar-refractivity contribution >= 4 is 15.9 Å². The molecule has 17 heavy (non-hydrogen) atoms. The highest BCUT2D eigenvalue weighted by Gasteiger charge is 2.41. The molecule has 3 nitrogen and oxygen atoms in total. The summed E-state index contributed by atoms with van der Waals surface area (Å²) in [6.45, 7) is 8.40. The van der Waals surface area contributed by atoms with Gasteiger partial charge in [0.15, 0.2) is 0 Å². The van der Waals surface area contributed by atoms with Crippen LogP contribution >= 0.6 is 15.9 Å². The van der Waals surface area contributed by atoms with Gasteiger partial charge in [-0.25, -0.2) is 4.39 Å². The van der Waals surface area contributed by atoms with E-state index in [1.54, 1.807) is 0 Å². The fourth-order valence-electron chi connectivity index (χ4n) is 1.72. The summed E-state index contributed by atoms with van der Waals surface area (Å²) in [6, 6.07) is 0. The van der Waals surface area contributed by atoms with Crippen molar-refractivity contribution in [3.8, 4) is 0 Å². The second-order valence-corrected chi connectivity index (χ2v) is 6.04. The second-order valence-electron chi connectivity index (χ2n) is 4.86.